The molecule has 2 heterocycles. The highest BCUT2D eigenvalue weighted by atomic mass is 32.2. The monoisotopic (exact) mass is 444 g/mol. The van der Waals surface area contributed by atoms with E-state index in [0.717, 1.165) is 0 Å². The number of anilines is 1. The molecule has 0 bridgehead atoms. The van der Waals surface area contributed by atoms with E-state index in [1.54, 1.807) is 37.3 Å². The lowest BCUT2D eigenvalue weighted by Crippen LogP contribution is -2.41. The van der Waals surface area contributed by atoms with Gasteiger partial charge in [-0.1, -0.05) is 18.2 Å². The molecular formula is C20H21FN6O3S. The molecule has 2 aromatic carbocycles. The van der Waals surface area contributed by atoms with Gasteiger partial charge in [-0.05, 0) is 60.5 Å². The number of hydrogen-bond donors (Lipinski definition) is 1. The highest BCUT2D eigenvalue weighted by Crippen LogP contribution is 2.26. The molecule has 1 aromatic heterocycles. The molecule has 0 saturated carbocycles. The molecule has 1 saturated heterocycles. The Bertz CT molecular complexity index is 1190. The number of nitrogens with zero attached hydrogens (tertiary/aromatic N) is 5. The third-order valence-electron chi connectivity index (χ3n) is 5.28. The van der Waals surface area contributed by atoms with Gasteiger partial charge in [-0.25, -0.2) is 12.8 Å². The molecule has 0 atom stereocenters. The second-order valence-electron chi connectivity index (χ2n) is 7.28. The predicted octanol–water partition coefficient (Wildman–Crippen LogP) is 2.15. The fourth-order valence-electron chi connectivity index (χ4n) is 3.55. The second kappa shape index (κ2) is 8.52. The number of carbonyl (C=O) groups is 1. The van der Waals surface area contributed by atoms with Crippen LogP contribution in [0.25, 0.3) is 5.69 Å². The van der Waals surface area contributed by atoms with Gasteiger partial charge in [0.2, 0.25) is 15.9 Å². The molecule has 0 unspecified atom stereocenters. The van der Waals surface area contributed by atoms with Crippen LogP contribution >= 0.6 is 0 Å². The number of hydrogen-bond acceptors (Lipinski definition) is 6. The zero-order valence-electron chi connectivity index (χ0n) is 16.8. The average molecular weight is 444 g/mol. The number of amides is 1. The smallest absolute Gasteiger partial charge is 0.243 e. The van der Waals surface area contributed by atoms with Crippen LogP contribution in [0, 0.1) is 18.7 Å². The third kappa shape index (κ3) is 4.32. The fourth-order valence-corrected chi connectivity index (χ4v) is 5.04. The number of rotatable bonds is 5. The van der Waals surface area contributed by atoms with Crippen LogP contribution in [0.2, 0.25) is 0 Å². The van der Waals surface area contributed by atoms with Gasteiger partial charge in [-0.3, -0.25) is 4.79 Å². The van der Waals surface area contributed by atoms with Gasteiger partial charge in [0.25, 0.3) is 0 Å². The van der Waals surface area contributed by atoms with Crippen molar-refractivity contribution < 1.29 is 17.6 Å². The highest BCUT2D eigenvalue weighted by molar-refractivity contribution is 7.89. The van der Waals surface area contributed by atoms with Crippen LogP contribution in [0.1, 0.15) is 18.7 Å². The largest absolute Gasteiger partial charge is 0.323 e. The third-order valence-corrected chi connectivity index (χ3v) is 7.20. The van der Waals surface area contributed by atoms with Gasteiger partial charge in [-0.15, -0.1) is 5.10 Å². The molecule has 1 N–H and O–H groups in total. The Labute approximate surface area is 178 Å². The van der Waals surface area contributed by atoms with Crippen LogP contribution in [0.4, 0.5) is 10.1 Å². The molecule has 1 aliphatic rings. The SMILES string of the molecule is Cc1nnnn1-c1ccc(F)c(NC(=O)C2CCN(S(=O)(=O)c3ccccc3)CC2)c1. The summed E-state index contributed by atoms with van der Waals surface area (Å²) in [6, 6.07) is 12.4. The molecule has 1 amide bonds. The van der Waals surface area contributed by atoms with E-state index in [2.05, 4.69) is 20.8 Å². The van der Waals surface area contributed by atoms with Gasteiger partial charge in [0.05, 0.1) is 16.3 Å². The quantitative estimate of drug-likeness (QED) is 0.646. The molecular weight excluding hydrogens is 423 g/mol. The molecule has 3 aromatic rings. The molecule has 1 aliphatic heterocycles. The van der Waals surface area contributed by atoms with Crippen LogP contribution in [-0.4, -0.2) is 51.9 Å². The highest BCUT2D eigenvalue weighted by Gasteiger charge is 2.32. The van der Waals surface area contributed by atoms with E-state index >= 15 is 0 Å². The molecule has 0 spiro atoms. The Morgan fingerprint density at radius 2 is 1.84 bits per heavy atom. The Balaban J connectivity index is 1.43. The first-order chi connectivity index (χ1) is 14.9. The summed E-state index contributed by atoms with van der Waals surface area (Å²) in [5.74, 6) is -0.816. The first-order valence-electron chi connectivity index (χ1n) is 9.77. The molecule has 162 valence electrons. The molecule has 1 fully saturated rings. The Hall–Kier alpha value is -3.18. The van der Waals surface area contributed by atoms with Gasteiger partial charge in [-0.2, -0.15) is 8.99 Å². The van der Waals surface area contributed by atoms with Crippen LogP contribution < -0.4 is 5.32 Å². The Morgan fingerprint density at radius 3 is 2.48 bits per heavy atom. The molecule has 0 aliphatic carbocycles. The first kappa shape index (κ1) is 21.1. The normalized spacial score (nSPS) is 15.7. The van der Waals surface area contributed by atoms with Gasteiger partial charge in [0.15, 0.2) is 5.82 Å². The first-order valence-corrected chi connectivity index (χ1v) is 11.2. The van der Waals surface area contributed by atoms with E-state index in [1.165, 1.54) is 27.2 Å². The van der Waals surface area contributed by atoms with E-state index in [4.69, 9.17) is 0 Å². The van der Waals surface area contributed by atoms with Crippen LogP contribution in [-0.2, 0) is 14.8 Å². The number of aryl methyl sites for hydroxylation is 1. The minimum Gasteiger partial charge on any atom is -0.323 e. The van der Waals surface area contributed by atoms with Crippen molar-refractivity contribution >= 4 is 21.6 Å². The van der Waals surface area contributed by atoms with Crippen molar-refractivity contribution in [2.45, 2.75) is 24.7 Å². The van der Waals surface area contributed by atoms with Crippen LogP contribution in [0.3, 0.4) is 0 Å². The maximum absolute atomic E-state index is 14.3. The topological polar surface area (TPSA) is 110 Å². The van der Waals surface area contributed by atoms with E-state index < -0.39 is 21.8 Å². The van der Waals surface area contributed by atoms with Crippen molar-refractivity contribution in [2.24, 2.45) is 5.92 Å². The van der Waals surface area contributed by atoms with Crippen molar-refractivity contribution in [2.75, 3.05) is 18.4 Å². The number of sulfonamides is 1. The summed E-state index contributed by atoms with van der Waals surface area (Å²) in [4.78, 5) is 12.9. The number of aromatic nitrogens is 4. The maximum Gasteiger partial charge on any atom is 0.243 e. The van der Waals surface area contributed by atoms with Gasteiger partial charge < -0.3 is 5.32 Å². The van der Waals surface area contributed by atoms with Crippen molar-refractivity contribution in [1.29, 1.82) is 0 Å². The van der Waals surface area contributed by atoms with Crippen molar-refractivity contribution in [3.05, 3.63) is 60.2 Å². The summed E-state index contributed by atoms with van der Waals surface area (Å²) >= 11 is 0. The second-order valence-corrected chi connectivity index (χ2v) is 9.22. The summed E-state index contributed by atoms with van der Waals surface area (Å²) in [6.07, 6.45) is 0.705. The Kier molecular flexibility index (Phi) is 5.79. The number of benzene rings is 2. The maximum atomic E-state index is 14.3. The molecule has 4 rings (SSSR count). The minimum absolute atomic E-state index is 0.0248. The summed E-state index contributed by atoms with van der Waals surface area (Å²) in [5, 5.41) is 13.8. The molecule has 31 heavy (non-hydrogen) atoms. The number of tetrazole rings is 1. The van der Waals surface area contributed by atoms with Gasteiger partial charge >= 0.3 is 0 Å². The van der Waals surface area contributed by atoms with Gasteiger partial charge in [0.1, 0.15) is 5.82 Å². The standard InChI is InChI=1S/C20H21FN6O3S/c1-14-23-24-25-27(14)16-7-8-18(21)19(13-16)22-20(28)15-9-11-26(12-10-15)31(29,30)17-5-3-2-4-6-17/h2-8,13,15H,9-12H2,1H3,(H,22,28). The lowest BCUT2D eigenvalue weighted by molar-refractivity contribution is -0.120. The predicted molar refractivity (Wildman–Crippen MR) is 110 cm³/mol. The summed E-state index contributed by atoms with van der Waals surface area (Å²) in [5.41, 5.74) is 0.541. The molecule has 11 heteroatoms. The fraction of sp³-hybridized carbons (Fsp3) is 0.300. The summed E-state index contributed by atoms with van der Waals surface area (Å²) in [6.45, 7) is 2.15. The minimum atomic E-state index is -3.59. The summed E-state index contributed by atoms with van der Waals surface area (Å²) < 4.78 is 42.6. The number of carbonyl (C=O) groups excluding carboxylic acids is 1. The van der Waals surface area contributed by atoms with Crippen LogP contribution in [0.15, 0.2) is 53.4 Å². The Morgan fingerprint density at radius 1 is 1.13 bits per heavy atom. The number of piperidine rings is 1. The molecule has 0 radical (unpaired) electrons. The lowest BCUT2D eigenvalue weighted by Gasteiger charge is -2.30. The number of halogens is 1. The zero-order valence-corrected chi connectivity index (χ0v) is 17.6. The molecule has 9 nitrogen and oxygen atoms in total. The van der Waals surface area contributed by atoms with E-state index in [9.17, 15) is 17.6 Å². The van der Waals surface area contributed by atoms with Gasteiger partial charge in [0, 0.05) is 19.0 Å². The van der Waals surface area contributed by atoms with Crippen molar-refractivity contribution in [1.82, 2.24) is 24.5 Å². The van der Waals surface area contributed by atoms with Crippen LogP contribution in [0.5, 0.6) is 0 Å². The lowest BCUT2D eigenvalue weighted by atomic mass is 9.97. The zero-order chi connectivity index (χ0) is 22.0. The van der Waals surface area contributed by atoms with Crippen molar-refractivity contribution in [3.8, 4) is 5.69 Å². The van der Waals surface area contributed by atoms with E-state index in [0.29, 0.717) is 24.4 Å². The average Bonchev–Trinajstić information content (AvgIpc) is 3.22. The summed E-state index contributed by atoms with van der Waals surface area (Å²) in [7, 11) is -3.59. The van der Waals surface area contributed by atoms with Crippen molar-refractivity contribution in [3.63, 3.8) is 0 Å². The van der Waals surface area contributed by atoms with E-state index in [-0.39, 0.29) is 29.6 Å². The number of nitrogens with one attached hydrogen (secondary N) is 1. The van der Waals surface area contributed by atoms with E-state index in [1.807, 2.05) is 0 Å².